The number of nitrogens with one attached hydrogen (secondary N) is 1. The topological polar surface area (TPSA) is 98.1 Å². The Hall–Kier alpha value is -3.44. The first-order chi connectivity index (χ1) is 16.1. The van der Waals surface area contributed by atoms with Gasteiger partial charge >= 0.3 is 0 Å². The quantitative estimate of drug-likeness (QED) is 0.670. The molecule has 2 aliphatic heterocycles. The number of nitrogens with zero attached hydrogens (tertiary/aromatic N) is 5. The zero-order valence-electron chi connectivity index (χ0n) is 18.7. The molecule has 3 aliphatic rings. The number of morpholine rings is 1. The molecule has 0 radical (unpaired) electrons. The first-order valence-corrected chi connectivity index (χ1v) is 11.6. The highest BCUT2D eigenvalue weighted by Gasteiger charge is 2.53. The van der Waals surface area contributed by atoms with E-state index in [4.69, 9.17) is 14.7 Å². The molecule has 0 bridgehead atoms. The largest absolute Gasteiger partial charge is 0.377 e. The van der Waals surface area contributed by atoms with Crippen molar-refractivity contribution >= 4 is 22.8 Å². The van der Waals surface area contributed by atoms with Crippen molar-refractivity contribution in [2.45, 2.75) is 38.8 Å². The van der Waals surface area contributed by atoms with Crippen LogP contribution in [0.4, 0.5) is 5.95 Å². The van der Waals surface area contributed by atoms with Crippen molar-refractivity contribution in [2.75, 3.05) is 31.2 Å². The Morgan fingerprint density at radius 1 is 1.27 bits per heavy atom. The van der Waals surface area contributed by atoms with Crippen molar-refractivity contribution in [1.82, 2.24) is 19.9 Å². The van der Waals surface area contributed by atoms with E-state index in [1.807, 2.05) is 23.2 Å². The number of carbonyl (C=O) groups excluding carboxylic acids is 1. The first-order valence-electron chi connectivity index (χ1n) is 11.6. The normalized spacial score (nSPS) is 21.5. The van der Waals surface area contributed by atoms with Gasteiger partial charge in [-0.15, -0.1) is 0 Å². The highest BCUT2D eigenvalue weighted by Crippen LogP contribution is 2.47. The number of H-pyrrole nitrogens is 1. The van der Waals surface area contributed by atoms with Gasteiger partial charge in [0.05, 0.1) is 43.3 Å². The van der Waals surface area contributed by atoms with Crippen LogP contribution in [0.3, 0.4) is 0 Å². The summed E-state index contributed by atoms with van der Waals surface area (Å²) in [5, 5.41) is 10.6. The minimum absolute atomic E-state index is 0.0517. The number of fused-ring (bicyclic) bond motifs is 2. The third-order valence-corrected chi connectivity index (χ3v) is 7.18. The van der Waals surface area contributed by atoms with Gasteiger partial charge in [0.2, 0.25) is 11.9 Å². The van der Waals surface area contributed by atoms with E-state index in [0.717, 1.165) is 40.0 Å². The molecule has 1 unspecified atom stereocenters. The lowest BCUT2D eigenvalue weighted by molar-refractivity contribution is -0.136. The summed E-state index contributed by atoms with van der Waals surface area (Å²) in [6, 6.07) is 10.6. The van der Waals surface area contributed by atoms with Gasteiger partial charge in [0.25, 0.3) is 0 Å². The summed E-state index contributed by atoms with van der Waals surface area (Å²) in [5.74, 6) is 0.629. The van der Waals surface area contributed by atoms with Crippen molar-refractivity contribution in [2.24, 2.45) is 5.41 Å². The number of amides is 1. The Balaban J connectivity index is 1.46. The number of hydrogen-bond donors (Lipinski definition) is 1. The summed E-state index contributed by atoms with van der Waals surface area (Å²) >= 11 is 0. The molecular weight excluding hydrogens is 416 g/mol. The average Bonchev–Trinajstić information content (AvgIpc) is 3.54. The van der Waals surface area contributed by atoms with Gasteiger partial charge in [0, 0.05) is 41.3 Å². The van der Waals surface area contributed by atoms with E-state index >= 15 is 0 Å². The number of para-hydroxylation sites is 1. The summed E-state index contributed by atoms with van der Waals surface area (Å²) < 4.78 is 5.63. The van der Waals surface area contributed by atoms with E-state index in [0.29, 0.717) is 51.5 Å². The third kappa shape index (κ3) is 3.26. The SMILES string of the molecule is CC1COCCN1c1nc2c(c(-c3c[nH]c4ccccc34)n1)CCN(C(=O)C1(C#N)CC1)C2. The molecule has 1 amide bonds. The number of hydrogen-bond acceptors (Lipinski definition) is 6. The molecule has 8 heteroatoms. The van der Waals surface area contributed by atoms with Crippen molar-refractivity contribution in [1.29, 1.82) is 5.26 Å². The minimum atomic E-state index is -0.814. The van der Waals surface area contributed by atoms with Crippen LogP contribution in [0.1, 0.15) is 31.0 Å². The van der Waals surface area contributed by atoms with Crippen LogP contribution in [0.5, 0.6) is 0 Å². The summed E-state index contributed by atoms with van der Waals surface area (Å²) in [4.78, 5) is 30.5. The second kappa shape index (κ2) is 7.56. The molecule has 4 heterocycles. The monoisotopic (exact) mass is 442 g/mol. The molecule has 6 rings (SSSR count). The molecule has 1 aromatic carbocycles. The van der Waals surface area contributed by atoms with E-state index in [1.54, 1.807) is 0 Å². The van der Waals surface area contributed by atoms with E-state index in [-0.39, 0.29) is 11.9 Å². The predicted molar refractivity (Wildman–Crippen MR) is 123 cm³/mol. The van der Waals surface area contributed by atoms with Gasteiger partial charge in [-0.1, -0.05) is 18.2 Å². The molecule has 2 aromatic heterocycles. The van der Waals surface area contributed by atoms with Gasteiger partial charge in [0.1, 0.15) is 5.41 Å². The van der Waals surface area contributed by atoms with Crippen LogP contribution in [0.2, 0.25) is 0 Å². The van der Waals surface area contributed by atoms with Gasteiger partial charge in [-0.3, -0.25) is 4.79 Å². The van der Waals surface area contributed by atoms with Crippen molar-refractivity contribution in [3.8, 4) is 17.3 Å². The van der Waals surface area contributed by atoms with E-state index in [1.165, 1.54) is 0 Å². The molecule has 1 aliphatic carbocycles. The molecule has 1 saturated carbocycles. The van der Waals surface area contributed by atoms with Gasteiger partial charge in [-0.25, -0.2) is 9.97 Å². The summed E-state index contributed by atoms with van der Waals surface area (Å²) in [6.45, 7) is 5.13. The zero-order chi connectivity index (χ0) is 22.6. The molecule has 33 heavy (non-hydrogen) atoms. The Morgan fingerprint density at radius 3 is 2.91 bits per heavy atom. The molecule has 2 fully saturated rings. The minimum Gasteiger partial charge on any atom is -0.377 e. The molecular formula is C25H26N6O2. The fourth-order valence-electron chi connectivity index (χ4n) is 5.03. The predicted octanol–water partition coefficient (Wildman–Crippen LogP) is 3.04. The number of rotatable bonds is 3. The van der Waals surface area contributed by atoms with Crippen LogP contribution in [-0.2, 0) is 22.5 Å². The fraction of sp³-hybridized carbons (Fsp3) is 0.440. The molecule has 1 saturated heterocycles. The summed E-state index contributed by atoms with van der Waals surface area (Å²) in [7, 11) is 0. The van der Waals surface area contributed by atoms with E-state index < -0.39 is 5.41 Å². The average molecular weight is 443 g/mol. The number of anilines is 1. The second-order valence-corrected chi connectivity index (χ2v) is 9.33. The number of benzene rings is 1. The number of nitriles is 1. The molecule has 1 atom stereocenters. The van der Waals surface area contributed by atoms with Crippen LogP contribution in [0.15, 0.2) is 30.5 Å². The molecule has 3 aromatic rings. The van der Waals surface area contributed by atoms with Crippen LogP contribution in [-0.4, -0.2) is 58.1 Å². The van der Waals surface area contributed by atoms with Crippen LogP contribution < -0.4 is 4.90 Å². The van der Waals surface area contributed by atoms with Crippen molar-refractivity contribution in [3.05, 3.63) is 41.7 Å². The first kappa shape index (κ1) is 20.2. The molecule has 8 nitrogen and oxygen atoms in total. The van der Waals surface area contributed by atoms with E-state index in [9.17, 15) is 10.1 Å². The highest BCUT2D eigenvalue weighted by molar-refractivity contribution is 5.95. The van der Waals surface area contributed by atoms with Gasteiger partial charge in [0.15, 0.2) is 0 Å². The lowest BCUT2D eigenvalue weighted by Crippen LogP contribution is -2.45. The van der Waals surface area contributed by atoms with Gasteiger partial charge in [-0.2, -0.15) is 5.26 Å². The maximum atomic E-state index is 13.1. The Kier molecular flexibility index (Phi) is 4.63. The van der Waals surface area contributed by atoms with Crippen LogP contribution in [0, 0.1) is 16.7 Å². The Morgan fingerprint density at radius 2 is 2.12 bits per heavy atom. The fourth-order valence-corrected chi connectivity index (χ4v) is 5.03. The highest BCUT2D eigenvalue weighted by atomic mass is 16.5. The van der Waals surface area contributed by atoms with Crippen LogP contribution >= 0.6 is 0 Å². The Labute approximate surface area is 192 Å². The lowest BCUT2D eigenvalue weighted by Gasteiger charge is -2.35. The number of aromatic amines is 1. The maximum absolute atomic E-state index is 13.1. The van der Waals surface area contributed by atoms with E-state index in [2.05, 4.69) is 35.0 Å². The van der Waals surface area contributed by atoms with Crippen molar-refractivity contribution < 1.29 is 9.53 Å². The van der Waals surface area contributed by atoms with Crippen LogP contribution in [0.25, 0.3) is 22.2 Å². The molecule has 168 valence electrons. The Bertz CT molecular complexity index is 1290. The summed E-state index contributed by atoms with van der Waals surface area (Å²) in [6.07, 6.45) is 4.02. The molecule has 1 N–H and O–H groups in total. The number of ether oxygens (including phenoxy) is 1. The zero-order valence-corrected chi connectivity index (χ0v) is 18.7. The van der Waals surface area contributed by atoms with Gasteiger partial charge in [-0.05, 0) is 32.3 Å². The number of aromatic nitrogens is 3. The van der Waals surface area contributed by atoms with Gasteiger partial charge < -0.3 is 19.5 Å². The number of carbonyl (C=O) groups is 1. The standard InChI is InChI=1S/C25H26N6O2/c1-16-14-33-11-10-31(16)24-28-21-13-30(23(32)25(15-26)7-8-25)9-6-18(21)22(29-24)19-12-27-20-5-3-2-4-17(19)20/h2-5,12,16,27H,6-11,13-14H2,1H3. The summed E-state index contributed by atoms with van der Waals surface area (Å²) in [5.41, 5.74) is 4.22. The maximum Gasteiger partial charge on any atom is 0.243 e. The smallest absolute Gasteiger partial charge is 0.243 e. The van der Waals surface area contributed by atoms with Crippen molar-refractivity contribution in [3.63, 3.8) is 0 Å². The third-order valence-electron chi connectivity index (χ3n) is 7.18. The molecule has 0 spiro atoms. The second-order valence-electron chi connectivity index (χ2n) is 9.33. The lowest BCUT2D eigenvalue weighted by atomic mass is 9.96.